The van der Waals surface area contributed by atoms with Gasteiger partial charge in [-0.1, -0.05) is 78.9 Å². The first-order valence-corrected chi connectivity index (χ1v) is 11.0. The summed E-state index contributed by atoms with van der Waals surface area (Å²) in [5, 5.41) is 0. The molecular formula is C29H19BN2. The smallest absolute Gasteiger partial charge is 0.329 e. The summed E-state index contributed by atoms with van der Waals surface area (Å²) >= 11 is 0. The minimum absolute atomic E-state index is 0.158. The van der Waals surface area contributed by atoms with Crippen LogP contribution in [0.25, 0.3) is 33.5 Å². The van der Waals surface area contributed by atoms with Crippen molar-refractivity contribution in [3.63, 3.8) is 0 Å². The average Bonchev–Trinajstić information content (AvgIpc) is 2.88. The summed E-state index contributed by atoms with van der Waals surface area (Å²) in [7, 11) is 0. The highest BCUT2D eigenvalue weighted by Crippen LogP contribution is 2.46. The standard InChI is InChI=1S/C29H19BN2/c1-4-12-25-21(9-1)23-11-3-6-15-28(23)32-29-17-16-20(27-14-7-8-18-31-27)19-24(29)22-10-2-5-13-26(22)30(25)32/h1-19H. The Labute approximate surface area is 187 Å². The number of anilines is 2. The molecule has 2 aliphatic heterocycles. The highest BCUT2D eigenvalue weighted by molar-refractivity contribution is 6.92. The van der Waals surface area contributed by atoms with Crippen LogP contribution in [0.2, 0.25) is 0 Å². The molecule has 148 valence electrons. The molecule has 3 heteroatoms. The van der Waals surface area contributed by atoms with Crippen LogP contribution in [-0.4, -0.2) is 11.8 Å². The van der Waals surface area contributed by atoms with E-state index in [4.69, 9.17) is 0 Å². The first kappa shape index (κ1) is 17.6. The lowest BCUT2D eigenvalue weighted by Gasteiger charge is -2.43. The van der Waals surface area contributed by atoms with Gasteiger partial charge in [-0.25, -0.2) is 0 Å². The maximum Gasteiger partial charge on any atom is 0.329 e. The molecule has 0 saturated carbocycles. The molecule has 32 heavy (non-hydrogen) atoms. The number of aromatic nitrogens is 1. The lowest BCUT2D eigenvalue weighted by Crippen LogP contribution is -2.59. The van der Waals surface area contributed by atoms with Gasteiger partial charge in [0.05, 0.1) is 5.69 Å². The van der Waals surface area contributed by atoms with Gasteiger partial charge in [0.15, 0.2) is 0 Å². The van der Waals surface area contributed by atoms with Crippen molar-refractivity contribution in [3.05, 3.63) is 115 Å². The fourth-order valence-electron chi connectivity index (χ4n) is 5.38. The van der Waals surface area contributed by atoms with E-state index in [-0.39, 0.29) is 6.85 Å². The molecule has 0 unspecified atom stereocenters. The number of pyridine rings is 1. The second-order valence-electron chi connectivity index (χ2n) is 8.41. The Morgan fingerprint density at radius 1 is 0.531 bits per heavy atom. The molecule has 0 spiro atoms. The third-order valence-electron chi connectivity index (χ3n) is 6.73. The fourth-order valence-corrected chi connectivity index (χ4v) is 5.38. The van der Waals surface area contributed by atoms with E-state index in [1.54, 1.807) is 0 Å². The van der Waals surface area contributed by atoms with Crippen LogP contribution in [0.4, 0.5) is 11.4 Å². The van der Waals surface area contributed by atoms with E-state index in [1.165, 1.54) is 44.6 Å². The molecule has 0 amide bonds. The Hall–Kier alpha value is -4.11. The van der Waals surface area contributed by atoms with Crippen LogP contribution in [0.3, 0.4) is 0 Å². The van der Waals surface area contributed by atoms with Crippen LogP contribution in [0.15, 0.2) is 115 Å². The van der Waals surface area contributed by atoms with Gasteiger partial charge in [-0.2, -0.15) is 0 Å². The van der Waals surface area contributed by atoms with Crippen LogP contribution in [-0.2, 0) is 0 Å². The Morgan fingerprint density at radius 2 is 1.16 bits per heavy atom. The normalized spacial score (nSPS) is 12.9. The third-order valence-corrected chi connectivity index (χ3v) is 6.73. The summed E-state index contributed by atoms with van der Waals surface area (Å²) in [6.45, 7) is 0.158. The van der Waals surface area contributed by atoms with Gasteiger partial charge in [0.1, 0.15) is 0 Å². The SMILES string of the molecule is c1ccc(-c2ccc3c(c2)-c2ccccc2B2c4ccccc4-c4ccccc4N23)nc1. The maximum absolute atomic E-state index is 4.59. The van der Waals surface area contributed by atoms with E-state index in [0.29, 0.717) is 0 Å². The molecule has 0 aliphatic carbocycles. The van der Waals surface area contributed by atoms with Crippen LogP contribution >= 0.6 is 0 Å². The summed E-state index contributed by atoms with van der Waals surface area (Å²) in [5.74, 6) is 0. The summed E-state index contributed by atoms with van der Waals surface area (Å²) in [6.07, 6.45) is 1.86. The molecule has 5 aromatic rings. The molecule has 0 N–H and O–H groups in total. The largest absolute Gasteiger partial charge is 0.376 e. The van der Waals surface area contributed by atoms with Gasteiger partial charge in [0, 0.05) is 34.3 Å². The van der Waals surface area contributed by atoms with E-state index >= 15 is 0 Å². The fraction of sp³-hybridized carbons (Fsp3) is 0. The predicted octanol–water partition coefficient (Wildman–Crippen LogP) is 5.65. The highest BCUT2D eigenvalue weighted by atomic mass is 15.1. The van der Waals surface area contributed by atoms with Gasteiger partial charge in [0.25, 0.3) is 0 Å². The molecule has 0 atom stereocenters. The molecular weight excluding hydrogens is 387 g/mol. The predicted molar refractivity (Wildman–Crippen MR) is 134 cm³/mol. The van der Waals surface area contributed by atoms with Gasteiger partial charge < -0.3 is 4.81 Å². The molecule has 2 nitrogen and oxygen atoms in total. The van der Waals surface area contributed by atoms with E-state index < -0.39 is 0 Å². The van der Waals surface area contributed by atoms with E-state index in [9.17, 15) is 0 Å². The van der Waals surface area contributed by atoms with Crippen LogP contribution in [0, 0.1) is 0 Å². The zero-order valence-electron chi connectivity index (χ0n) is 17.4. The number of para-hydroxylation sites is 1. The van der Waals surface area contributed by atoms with Gasteiger partial charge >= 0.3 is 6.85 Å². The molecule has 0 bridgehead atoms. The van der Waals surface area contributed by atoms with Gasteiger partial charge in [0.2, 0.25) is 0 Å². The molecule has 0 radical (unpaired) electrons. The Balaban J connectivity index is 1.55. The van der Waals surface area contributed by atoms with Crippen LogP contribution in [0.1, 0.15) is 0 Å². The number of rotatable bonds is 1. The molecule has 1 aromatic heterocycles. The van der Waals surface area contributed by atoms with E-state index in [2.05, 4.69) is 107 Å². The van der Waals surface area contributed by atoms with Crippen molar-refractivity contribution in [2.75, 3.05) is 4.81 Å². The summed E-state index contributed by atoms with van der Waals surface area (Å²) in [5.41, 5.74) is 12.5. The van der Waals surface area contributed by atoms with Crippen LogP contribution in [0.5, 0.6) is 0 Å². The quantitative estimate of drug-likeness (QED) is 0.334. The van der Waals surface area contributed by atoms with Crippen molar-refractivity contribution in [2.45, 2.75) is 0 Å². The van der Waals surface area contributed by atoms with Crippen molar-refractivity contribution in [1.29, 1.82) is 0 Å². The molecule has 2 aliphatic rings. The number of fused-ring (bicyclic) bond motifs is 11. The lowest BCUT2D eigenvalue weighted by atomic mass is 9.43. The number of hydrogen-bond donors (Lipinski definition) is 0. The second kappa shape index (κ2) is 6.70. The van der Waals surface area contributed by atoms with Crippen molar-refractivity contribution in [2.24, 2.45) is 0 Å². The summed E-state index contributed by atoms with van der Waals surface area (Å²) in [4.78, 5) is 7.11. The molecule has 4 aromatic carbocycles. The lowest BCUT2D eigenvalue weighted by molar-refractivity contribution is 1.31. The van der Waals surface area contributed by atoms with Gasteiger partial charge in [-0.15, -0.1) is 0 Å². The Morgan fingerprint density at radius 3 is 1.91 bits per heavy atom. The zero-order chi connectivity index (χ0) is 21.1. The van der Waals surface area contributed by atoms with E-state index in [0.717, 1.165) is 11.3 Å². The minimum Gasteiger partial charge on any atom is -0.376 e. The summed E-state index contributed by atoms with van der Waals surface area (Å²) < 4.78 is 0. The molecule has 7 rings (SSSR count). The van der Waals surface area contributed by atoms with Crippen molar-refractivity contribution in [3.8, 4) is 33.5 Å². The molecule has 0 fully saturated rings. The topological polar surface area (TPSA) is 16.1 Å². The average molecular weight is 406 g/mol. The second-order valence-corrected chi connectivity index (χ2v) is 8.41. The highest BCUT2D eigenvalue weighted by Gasteiger charge is 2.41. The minimum atomic E-state index is 0.158. The summed E-state index contributed by atoms with van der Waals surface area (Å²) in [6, 6.07) is 39.3. The Bertz CT molecular complexity index is 1490. The van der Waals surface area contributed by atoms with E-state index in [1.807, 2.05) is 18.3 Å². The molecule has 0 saturated heterocycles. The van der Waals surface area contributed by atoms with Gasteiger partial charge in [-0.05, 0) is 52.4 Å². The third kappa shape index (κ3) is 2.39. The number of hydrogen-bond acceptors (Lipinski definition) is 2. The number of benzene rings is 4. The first-order chi connectivity index (χ1) is 15.9. The monoisotopic (exact) mass is 406 g/mol. The maximum atomic E-state index is 4.59. The van der Waals surface area contributed by atoms with Gasteiger partial charge in [-0.3, -0.25) is 4.98 Å². The van der Waals surface area contributed by atoms with Crippen molar-refractivity contribution >= 4 is 29.1 Å². The van der Waals surface area contributed by atoms with Crippen LogP contribution < -0.4 is 15.7 Å². The number of nitrogens with zero attached hydrogens (tertiary/aromatic N) is 2. The van der Waals surface area contributed by atoms with Crippen molar-refractivity contribution < 1.29 is 0 Å². The molecule has 3 heterocycles. The Kier molecular flexibility index (Phi) is 3.68. The van der Waals surface area contributed by atoms with Crippen molar-refractivity contribution in [1.82, 2.24) is 4.98 Å². The zero-order valence-corrected chi connectivity index (χ0v) is 17.4. The first-order valence-electron chi connectivity index (χ1n) is 11.0.